The Kier molecular flexibility index (Phi) is 4.28. The smallest absolute Gasteiger partial charge is 0.266 e. The number of hydrogen-bond donors (Lipinski definition) is 1. The molecule has 0 atom stereocenters. The van der Waals surface area contributed by atoms with Gasteiger partial charge < -0.3 is 0 Å². The minimum Gasteiger partial charge on any atom is -0.266 e. The summed E-state index contributed by atoms with van der Waals surface area (Å²) in [5.41, 5.74) is 4.29. The lowest BCUT2D eigenvalue weighted by Crippen LogP contribution is -2.18. The summed E-state index contributed by atoms with van der Waals surface area (Å²) in [7, 11) is 0. The SMILES string of the molecule is C/C(=N/NC(=O)c1cccs1)c1ccc(Br)cc1. The van der Waals surface area contributed by atoms with E-state index < -0.39 is 0 Å². The molecule has 0 aliphatic rings. The van der Waals surface area contributed by atoms with Crippen molar-refractivity contribution in [1.29, 1.82) is 0 Å². The molecule has 0 radical (unpaired) electrons. The third-order valence-corrected chi connectivity index (χ3v) is 3.73. The monoisotopic (exact) mass is 322 g/mol. The average molecular weight is 323 g/mol. The van der Waals surface area contributed by atoms with Crippen molar-refractivity contribution in [3.05, 3.63) is 56.7 Å². The number of carbonyl (C=O) groups excluding carboxylic acids is 1. The summed E-state index contributed by atoms with van der Waals surface area (Å²) in [4.78, 5) is 12.3. The Balaban J connectivity index is 2.05. The van der Waals surface area contributed by atoms with Gasteiger partial charge in [0.05, 0.1) is 10.6 Å². The van der Waals surface area contributed by atoms with Crippen molar-refractivity contribution in [2.45, 2.75) is 6.92 Å². The zero-order chi connectivity index (χ0) is 13.0. The highest BCUT2D eigenvalue weighted by molar-refractivity contribution is 9.10. The number of benzene rings is 1. The fourth-order valence-corrected chi connectivity index (χ4v) is 2.23. The molecule has 0 saturated heterocycles. The van der Waals surface area contributed by atoms with Gasteiger partial charge in [-0.05, 0) is 36.1 Å². The second kappa shape index (κ2) is 5.93. The number of amides is 1. The van der Waals surface area contributed by atoms with Crippen LogP contribution < -0.4 is 5.43 Å². The van der Waals surface area contributed by atoms with Gasteiger partial charge in [-0.1, -0.05) is 34.1 Å². The summed E-state index contributed by atoms with van der Waals surface area (Å²) < 4.78 is 1.02. The quantitative estimate of drug-likeness (QED) is 0.680. The standard InChI is InChI=1S/C13H11BrN2OS/c1-9(10-4-6-11(14)7-5-10)15-16-13(17)12-3-2-8-18-12/h2-8H,1H3,(H,16,17)/b15-9-. The van der Waals surface area contributed by atoms with E-state index in [0.717, 1.165) is 15.7 Å². The normalized spacial score (nSPS) is 11.3. The lowest BCUT2D eigenvalue weighted by molar-refractivity contribution is 0.0959. The van der Waals surface area contributed by atoms with E-state index in [0.29, 0.717) is 4.88 Å². The maximum Gasteiger partial charge on any atom is 0.281 e. The van der Waals surface area contributed by atoms with E-state index in [1.54, 1.807) is 6.07 Å². The van der Waals surface area contributed by atoms with Crippen molar-refractivity contribution in [2.24, 2.45) is 5.10 Å². The summed E-state index contributed by atoms with van der Waals surface area (Å²) in [6.07, 6.45) is 0. The van der Waals surface area contributed by atoms with Gasteiger partial charge in [-0.15, -0.1) is 11.3 Å². The summed E-state index contributed by atoms with van der Waals surface area (Å²) in [6, 6.07) is 11.4. The summed E-state index contributed by atoms with van der Waals surface area (Å²) in [5.74, 6) is -0.179. The Morgan fingerprint density at radius 1 is 1.28 bits per heavy atom. The Bertz CT molecular complexity index is 561. The first-order chi connectivity index (χ1) is 8.66. The van der Waals surface area contributed by atoms with Crippen LogP contribution >= 0.6 is 27.3 Å². The van der Waals surface area contributed by atoms with E-state index in [1.165, 1.54) is 11.3 Å². The second-order valence-corrected chi connectivity index (χ2v) is 5.49. The topological polar surface area (TPSA) is 41.5 Å². The summed E-state index contributed by atoms with van der Waals surface area (Å²) >= 11 is 4.77. The molecule has 5 heteroatoms. The molecule has 1 aromatic carbocycles. The van der Waals surface area contributed by atoms with Crippen LogP contribution in [0.1, 0.15) is 22.2 Å². The second-order valence-electron chi connectivity index (χ2n) is 3.62. The molecule has 92 valence electrons. The number of thiophene rings is 1. The van der Waals surface area contributed by atoms with E-state index in [9.17, 15) is 4.79 Å². The highest BCUT2D eigenvalue weighted by atomic mass is 79.9. The highest BCUT2D eigenvalue weighted by Crippen LogP contribution is 2.11. The van der Waals surface area contributed by atoms with Crippen molar-refractivity contribution < 1.29 is 4.79 Å². The number of hydrogen-bond acceptors (Lipinski definition) is 3. The van der Waals surface area contributed by atoms with Crippen molar-refractivity contribution in [3.8, 4) is 0 Å². The van der Waals surface area contributed by atoms with E-state index in [4.69, 9.17) is 0 Å². The molecule has 2 aromatic rings. The Labute approximate surface area is 118 Å². The van der Waals surface area contributed by atoms with Crippen LogP contribution in [-0.4, -0.2) is 11.6 Å². The largest absolute Gasteiger partial charge is 0.281 e. The number of carbonyl (C=O) groups is 1. The van der Waals surface area contributed by atoms with Gasteiger partial charge in [-0.2, -0.15) is 5.10 Å². The molecule has 1 heterocycles. The van der Waals surface area contributed by atoms with Crippen molar-refractivity contribution >= 4 is 38.9 Å². The molecule has 0 aliphatic carbocycles. The zero-order valence-electron chi connectivity index (χ0n) is 9.68. The number of nitrogens with one attached hydrogen (secondary N) is 1. The van der Waals surface area contributed by atoms with Gasteiger partial charge in [0.25, 0.3) is 5.91 Å². The van der Waals surface area contributed by atoms with E-state index in [1.807, 2.05) is 42.6 Å². The highest BCUT2D eigenvalue weighted by Gasteiger charge is 2.05. The molecule has 0 bridgehead atoms. The molecule has 0 unspecified atom stereocenters. The summed E-state index contributed by atoms with van der Waals surface area (Å²) in [6.45, 7) is 1.86. The number of rotatable bonds is 3. The van der Waals surface area contributed by atoms with Crippen LogP contribution in [0.25, 0.3) is 0 Å². The lowest BCUT2D eigenvalue weighted by Gasteiger charge is -2.02. The molecule has 3 nitrogen and oxygen atoms in total. The molecule has 1 N–H and O–H groups in total. The van der Waals surface area contributed by atoms with Gasteiger partial charge in [0.1, 0.15) is 0 Å². The molecular weight excluding hydrogens is 312 g/mol. The average Bonchev–Trinajstić information content (AvgIpc) is 2.90. The van der Waals surface area contributed by atoms with Gasteiger partial charge in [0.15, 0.2) is 0 Å². The van der Waals surface area contributed by atoms with Crippen molar-refractivity contribution in [3.63, 3.8) is 0 Å². The van der Waals surface area contributed by atoms with Crippen LogP contribution in [0, 0.1) is 0 Å². The third kappa shape index (κ3) is 3.27. The molecule has 0 fully saturated rings. The van der Waals surface area contributed by atoms with E-state index in [2.05, 4.69) is 26.5 Å². The molecule has 1 aromatic heterocycles. The first-order valence-corrected chi connectivity index (χ1v) is 6.98. The Hall–Kier alpha value is -1.46. The van der Waals surface area contributed by atoms with Gasteiger partial charge in [-0.25, -0.2) is 5.43 Å². The van der Waals surface area contributed by atoms with Gasteiger partial charge in [0.2, 0.25) is 0 Å². The first-order valence-electron chi connectivity index (χ1n) is 5.31. The lowest BCUT2D eigenvalue weighted by atomic mass is 10.1. The minimum absolute atomic E-state index is 0.179. The van der Waals surface area contributed by atoms with Crippen LogP contribution in [0.3, 0.4) is 0 Å². The van der Waals surface area contributed by atoms with E-state index >= 15 is 0 Å². The Morgan fingerprint density at radius 3 is 2.61 bits per heavy atom. The van der Waals surface area contributed by atoms with Crippen molar-refractivity contribution in [2.75, 3.05) is 0 Å². The fraction of sp³-hybridized carbons (Fsp3) is 0.0769. The number of halogens is 1. The van der Waals surface area contributed by atoms with Gasteiger partial charge in [0, 0.05) is 4.47 Å². The molecule has 0 spiro atoms. The van der Waals surface area contributed by atoms with Crippen LogP contribution in [0.4, 0.5) is 0 Å². The maximum absolute atomic E-state index is 11.7. The molecule has 18 heavy (non-hydrogen) atoms. The van der Waals surface area contributed by atoms with Gasteiger partial charge >= 0.3 is 0 Å². The molecule has 0 saturated carbocycles. The molecule has 0 aliphatic heterocycles. The molecule has 1 amide bonds. The van der Waals surface area contributed by atoms with Crippen LogP contribution in [0.15, 0.2) is 51.4 Å². The van der Waals surface area contributed by atoms with Crippen molar-refractivity contribution in [1.82, 2.24) is 5.43 Å². The zero-order valence-corrected chi connectivity index (χ0v) is 12.1. The van der Waals surface area contributed by atoms with Crippen LogP contribution in [0.2, 0.25) is 0 Å². The Morgan fingerprint density at radius 2 is 2.00 bits per heavy atom. The predicted molar refractivity (Wildman–Crippen MR) is 78.1 cm³/mol. The van der Waals surface area contributed by atoms with Crippen LogP contribution in [0.5, 0.6) is 0 Å². The molecule has 2 rings (SSSR count). The predicted octanol–water partition coefficient (Wildman–Crippen LogP) is 3.66. The fourth-order valence-electron chi connectivity index (χ4n) is 1.35. The minimum atomic E-state index is -0.179. The summed E-state index contributed by atoms with van der Waals surface area (Å²) in [5, 5.41) is 5.95. The van der Waals surface area contributed by atoms with Gasteiger partial charge in [-0.3, -0.25) is 4.79 Å². The van der Waals surface area contributed by atoms with Crippen LogP contribution in [-0.2, 0) is 0 Å². The number of hydrazone groups is 1. The third-order valence-electron chi connectivity index (χ3n) is 2.33. The molecular formula is C13H11BrN2OS. The first kappa shape index (κ1) is 13.0. The number of nitrogens with zero attached hydrogens (tertiary/aromatic N) is 1. The maximum atomic E-state index is 11.7. The van der Waals surface area contributed by atoms with E-state index in [-0.39, 0.29) is 5.91 Å².